The van der Waals surface area contributed by atoms with Crippen molar-refractivity contribution in [1.82, 2.24) is 19.4 Å². The van der Waals surface area contributed by atoms with Crippen LogP contribution in [0.25, 0.3) is 21.8 Å². The Morgan fingerprint density at radius 2 is 1.92 bits per heavy atom. The second-order valence-corrected chi connectivity index (χ2v) is 6.09. The molecule has 0 saturated heterocycles. The SMILES string of the molecule is CCn1c2ccccc2c2cc(CNCCn3ccnc3)ccc21. The lowest BCUT2D eigenvalue weighted by Gasteiger charge is -2.07. The lowest BCUT2D eigenvalue weighted by atomic mass is 10.1. The lowest BCUT2D eigenvalue weighted by molar-refractivity contribution is 0.597. The highest BCUT2D eigenvalue weighted by Gasteiger charge is 2.09. The zero-order valence-electron chi connectivity index (χ0n) is 13.9. The Labute approximate surface area is 141 Å². The van der Waals surface area contributed by atoms with Gasteiger partial charge in [-0.05, 0) is 30.7 Å². The maximum absolute atomic E-state index is 4.07. The van der Waals surface area contributed by atoms with Crippen LogP contribution in [0.5, 0.6) is 0 Å². The van der Waals surface area contributed by atoms with Gasteiger partial charge in [0, 0.05) is 60.4 Å². The first-order valence-corrected chi connectivity index (χ1v) is 8.53. The fraction of sp³-hybridized carbons (Fsp3) is 0.250. The standard InChI is InChI=1S/C20H22N4/c1-2-24-19-6-4-3-5-17(19)18-13-16(7-8-20(18)24)14-21-9-11-23-12-10-22-15-23/h3-8,10,12-13,15,21H,2,9,11,14H2,1H3. The summed E-state index contributed by atoms with van der Waals surface area (Å²) >= 11 is 0. The Morgan fingerprint density at radius 1 is 1.04 bits per heavy atom. The first-order valence-electron chi connectivity index (χ1n) is 8.53. The van der Waals surface area contributed by atoms with Crippen LogP contribution in [0.4, 0.5) is 0 Å². The zero-order valence-corrected chi connectivity index (χ0v) is 13.9. The van der Waals surface area contributed by atoms with E-state index in [2.05, 4.69) is 68.8 Å². The molecule has 24 heavy (non-hydrogen) atoms. The van der Waals surface area contributed by atoms with Crippen molar-refractivity contribution in [2.24, 2.45) is 0 Å². The number of aryl methyl sites for hydroxylation is 1. The quantitative estimate of drug-likeness (QED) is 0.549. The number of nitrogens with one attached hydrogen (secondary N) is 1. The van der Waals surface area contributed by atoms with Crippen LogP contribution in [0, 0.1) is 0 Å². The summed E-state index contributed by atoms with van der Waals surface area (Å²) < 4.78 is 4.48. The van der Waals surface area contributed by atoms with Crippen molar-refractivity contribution in [3.8, 4) is 0 Å². The van der Waals surface area contributed by atoms with E-state index in [1.165, 1.54) is 27.4 Å². The van der Waals surface area contributed by atoms with Crippen LogP contribution in [-0.2, 0) is 19.6 Å². The summed E-state index contributed by atoms with van der Waals surface area (Å²) in [5, 5.41) is 6.21. The number of benzene rings is 2. The summed E-state index contributed by atoms with van der Waals surface area (Å²) in [6, 6.07) is 15.5. The molecule has 4 heteroatoms. The third kappa shape index (κ3) is 2.69. The highest BCUT2D eigenvalue weighted by molar-refractivity contribution is 6.08. The Balaban J connectivity index is 1.55. The summed E-state index contributed by atoms with van der Waals surface area (Å²) in [6.07, 6.45) is 5.66. The number of para-hydroxylation sites is 1. The van der Waals surface area contributed by atoms with Crippen LogP contribution in [0.1, 0.15) is 12.5 Å². The van der Waals surface area contributed by atoms with E-state index in [1.54, 1.807) is 0 Å². The molecule has 4 aromatic rings. The zero-order chi connectivity index (χ0) is 16.4. The van der Waals surface area contributed by atoms with Gasteiger partial charge < -0.3 is 14.5 Å². The van der Waals surface area contributed by atoms with Gasteiger partial charge in [0.1, 0.15) is 0 Å². The highest BCUT2D eigenvalue weighted by atomic mass is 15.0. The fourth-order valence-electron chi connectivity index (χ4n) is 3.41. The van der Waals surface area contributed by atoms with Gasteiger partial charge in [0.25, 0.3) is 0 Å². The second-order valence-electron chi connectivity index (χ2n) is 6.09. The maximum atomic E-state index is 4.07. The van der Waals surface area contributed by atoms with Crippen molar-refractivity contribution < 1.29 is 0 Å². The van der Waals surface area contributed by atoms with E-state index in [0.29, 0.717) is 0 Å². The number of nitrogens with zero attached hydrogens (tertiary/aromatic N) is 3. The van der Waals surface area contributed by atoms with Crippen molar-refractivity contribution in [2.75, 3.05) is 6.54 Å². The molecule has 1 N–H and O–H groups in total. The molecule has 2 heterocycles. The Kier molecular flexibility index (Phi) is 4.05. The molecule has 122 valence electrons. The summed E-state index contributed by atoms with van der Waals surface area (Å²) in [4.78, 5) is 4.07. The Morgan fingerprint density at radius 3 is 2.75 bits per heavy atom. The molecule has 0 atom stereocenters. The van der Waals surface area contributed by atoms with Gasteiger partial charge in [-0.3, -0.25) is 0 Å². The van der Waals surface area contributed by atoms with Crippen LogP contribution in [0.3, 0.4) is 0 Å². The summed E-state index contributed by atoms with van der Waals surface area (Å²) in [6.45, 7) is 5.96. The first-order chi connectivity index (χ1) is 11.9. The van der Waals surface area contributed by atoms with Gasteiger partial charge in [-0.2, -0.15) is 0 Å². The molecule has 0 radical (unpaired) electrons. The molecule has 2 aromatic carbocycles. The average Bonchev–Trinajstić information content (AvgIpc) is 3.24. The summed E-state index contributed by atoms with van der Waals surface area (Å²) in [5.41, 5.74) is 3.97. The molecule has 2 aromatic heterocycles. The Hall–Kier alpha value is -2.59. The topological polar surface area (TPSA) is 34.8 Å². The predicted octanol–water partition coefficient (Wildman–Crippen LogP) is 3.80. The largest absolute Gasteiger partial charge is 0.341 e. The van der Waals surface area contributed by atoms with Crippen molar-refractivity contribution in [3.63, 3.8) is 0 Å². The molecular formula is C20H22N4. The molecule has 0 spiro atoms. The van der Waals surface area contributed by atoms with Crippen molar-refractivity contribution in [2.45, 2.75) is 26.6 Å². The molecule has 0 fully saturated rings. The van der Waals surface area contributed by atoms with Crippen molar-refractivity contribution in [3.05, 3.63) is 66.7 Å². The monoisotopic (exact) mass is 318 g/mol. The minimum Gasteiger partial charge on any atom is -0.341 e. The molecule has 0 aliphatic rings. The van der Waals surface area contributed by atoms with Crippen molar-refractivity contribution >= 4 is 21.8 Å². The second kappa shape index (κ2) is 6.49. The molecule has 0 aliphatic heterocycles. The minimum absolute atomic E-state index is 0.885. The van der Waals surface area contributed by atoms with Gasteiger partial charge in [0.05, 0.1) is 6.33 Å². The van der Waals surface area contributed by atoms with Gasteiger partial charge >= 0.3 is 0 Å². The molecule has 4 nitrogen and oxygen atoms in total. The molecule has 0 bridgehead atoms. The average molecular weight is 318 g/mol. The first kappa shape index (κ1) is 15.0. The lowest BCUT2D eigenvalue weighted by Crippen LogP contribution is -2.18. The van der Waals surface area contributed by atoms with Crippen LogP contribution < -0.4 is 5.32 Å². The van der Waals surface area contributed by atoms with Gasteiger partial charge in [-0.15, -0.1) is 0 Å². The van der Waals surface area contributed by atoms with Gasteiger partial charge in [0.2, 0.25) is 0 Å². The number of fused-ring (bicyclic) bond motifs is 3. The maximum Gasteiger partial charge on any atom is 0.0946 e. The smallest absolute Gasteiger partial charge is 0.0946 e. The normalized spacial score (nSPS) is 11.5. The van der Waals surface area contributed by atoms with Crippen LogP contribution >= 0.6 is 0 Å². The van der Waals surface area contributed by atoms with Crippen molar-refractivity contribution in [1.29, 1.82) is 0 Å². The molecule has 0 unspecified atom stereocenters. The van der Waals surface area contributed by atoms with Gasteiger partial charge in [-0.1, -0.05) is 24.3 Å². The van der Waals surface area contributed by atoms with Crippen LogP contribution in [0.2, 0.25) is 0 Å². The molecule has 0 aliphatic carbocycles. The number of hydrogen-bond acceptors (Lipinski definition) is 2. The molecule has 0 amide bonds. The number of imidazole rings is 1. The van der Waals surface area contributed by atoms with E-state index in [-0.39, 0.29) is 0 Å². The number of rotatable bonds is 6. The van der Waals surface area contributed by atoms with E-state index in [9.17, 15) is 0 Å². The minimum atomic E-state index is 0.885. The third-order valence-electron chi connectivity index (χ3n) is 4.59. The summed E-state index contributed by atoms with van der Waals surface area (Å²) in [7, 11) is 0. The third-order valence-corrected chi connectivity index (χ3v) is 4.59. The number of aromatic nitrogens is 3. The molecule has 0 saturated carbocycles. The van der Waals surface area contributed by atoms with Gasteiger partial charge in [0.15, 0.2) is 0 Å². The Bertz CT molecular complexity index is 951. The highest BCUT2D eigenvalue weighted by Crippen LogP contribution is 2.29. The van der Waals surface area contributed by atoms with E-state index >= 15 is 0 Å². The van der Waals surface area contributed by atoms with Gasteiger partial charge in [-0.25, -0.2) is 4.98 Å². The summed E-state index contributed by atoms with van der Waals surface area (Å²) in [5.74, 6) is 0. The molecule has 4 rings (SSSR count). The predicted molar refractivity (Wildman–Crippen MR) is 99.1 cm³/mol. The van der Waals surface area contributed by atoms with E-state index in [0.717, 1.165) is 26.2 Å². The van der Waals surface area contributed by atoms with E-state index in [4.69, 9.17) is 0 Å². The fourth-order valence-corrected chi connectivity index (χ4v) is 3.41. The molecular weight excluding hydrogens is 296 g/mol. The van der Waals surface area contributed by atoms with Crippen LogP contribution in [0.15, 0.2) is 61.2 Å². The number of hydrogen-bond donors (Lipinski definition) is 1. The van der Waals surface area contributed by atoms with E-state index in [1.807, 2.05) is 18.7 Å². The van der Waals surface area contributed by atoms with E-state index < -0.39 is 0 Å². The van der Waals surface area contributed by atoms with Crippen LogP contribution in [-0.4, -0.2) is 20.7 Å².